The summed E-state index contributed by atoms with van der Waals surface area (Å²) in [5, 5.41) is 12.4. The second kappa shape index (κ2) is 8.41. The second-order valence-corrected chi connectivity index (χ2v) is 9.09. The van der Waals surface area contributed by atoms with Gasteiger partial charge in [0.2, 0.25) is 5.91 Å². The van der Waals surface area contributed by atoms with Crippen molar-refractivity contribution in [3.05, 3.63) is 66.0 Å². The summed E-state index contributed by atoms with van der Waals surface area (Å²) in [5.41, 5.74) is 3.06. The van der Waals surface area contributed by atoms with E-state index in [1.54, 1.807) is 0 Å². The van der Waals surface area contributed by atoms with Gasteiger partial charge in [-0.1, -0.05) is 62.0 Å². The van der Waals surface area contributed by atoms with Crippen LogP contribution in [0.5, 0.6) is 0 Å². The van der Waals surface area contributed by atoms with Crippen LogP contribution in [0.2, 0.25) is 0 Å². The van der Waals surface area contributed by atoms with Gasteiger partial charge < -0.3 is 5.32 Å². The number of hydrogen-bond donors (Lipinski definition) is 1. The molecule has 0 bridgehead atoms. The number of thioether (sulfide) groups is 1. The highest BCUT2D eigenvalue weighted by Crippen LogP contribution is 2.41. The zero-order valence-corrected chi connectivity index (χ0v) is 17.8. The SMILES string of the molecule is CC(Sc1nnc(C2CC2)n1-c1ccccc1)C(=O)Nc1ccccc1C(C)C. The van der Waals surface area contributed by atoms with Crippen LogP contribution in [0.25, 0.3) is 5.69 Å². The molecule has 1 aliphatic rings. The van der Waals surface area contributed by atoms with Crippen molar-refractivity contribution in [2.75, 3.05) is 5.32 Å². The first-order chi connectivity index (χ1) is 14.0. The smallest absolute Gasteiger partial charge is 0.237 e. The van der Waals surface area contributed by atoms with Crippen LogP contribution in [0.15, 0.2) is 59.8 Å². The minimum absolute atomic E-state index is 0.0290. The lowest BCUT2D eigenvalue weighted by molar-refractivity contribution is -0.115. The van der Waals surface area contributed by atoms with Gasteiger partial charge in [-0.3, -0.25) is 9.36 Å². The summed E-state index contributed by atoms with van der Waals surface area (Å²) in [6, 6.07) is 18.1. The van der Waals surface area contributed by atoms with E-state index in [0.29, 0.717) is 11.8 Å². The summed E-state index contributed by atoms with van der Waals surface area (Å²) >= 11 is 1.45. The van der Waals surface area contributed by atoms with Crippen molar-refractivity contribution in [1.29, 1.82) is 0 Å². The molecule has 1 atom stereocenters. The van der Waals surface area contributed by atoms with Crippen LogP contribution in [0.3, 0.4) is 0 Å². The van der Waals surface area contributed by atoms with Crippen LogP contribution in [0, 0.1) is 0 Å². The normalized spacial score (nSPS) is 14.8. The maximum atomic E-state index is 12.9. The van der Waals surface area contributed by atoms with Gasteiger partial charge in [-0.15, -0.1) is 10.2 Å². The first-order valence-electron chi connectivity index (χ1n) is 10.1. The first-order valence-corrected chi connectivity index (χ1v) is 11.0. The van der Waals surface area contributed by atoms with Gasteiger partial charge in [-0.05, 0) is 49.4 Å². The van der Waals surface area contributed by atoms with Gasteiger partial charge >= 0.3 is 0 Å². The van der Waals surface area contributed by atoms with Crippen molar-refractivity contribution in [3.8, 4) is 5.69 Å². The molecule has 0 spiro atoms. The molecule has 1 N–H and O–H groups in total. The number of rotatable bonds is 7. The first kappa shape index (κ1) is 19.7. The number of para-hydroxylation sites is 2. The zero-order chi connectivity index (χ0) is 20.4. The molecule has 0 aliphatic heterocycles. The van der Waals surface area contributed by atoms with Crippen LogP contribution in [-0.4, -0.2) is 25.9 Å². The molecule has 1 aromatic heterocycles. The molecule has 1 heterocycles. The van der Waals surface area contributed by atoms with Crippen LogP contribution in [0.4, 0.5) is 5.69 Å². The Bertz CT molecular complexity index is 995. The molecule has 29 heavy (non-hydrogen) atoms. The predicted molar refractivity (Wildman–Crippen MR) is 118 cm³/mol. The fraction of sp³-hybridized carbons (Fsp3) is 0.348. The van der Waals surface area contributed by atoms with Gasteiger partial charge in [0.05, 0.1) is 5.25 Å². The lowest BCUT2D eigenvalue weighted by Crippen LogP contribution is -2.23. The maximum Gasteiger partial charge on any atom is 0.237 e. The number of nitrogens with one attached hydrogen (secondary N) is 1. The molecule has 4 rings (SSSR count). The number of anilines is 1. The van der Waals surface area contributed by atoms with Crippen LogP contribution in [0.1, 0.15) is 56.8 Å². The summed E-state index contributed by atoms with van der Waals surface area (Å²) < 4.78 is 2.11. The summed E-state index contributed by atoms with van der Waals surface area (Å²) in [7, 11) is 0. The van der Waals surface area contributed by atoms with Crippen molar-refractivity contribution >= 4 is 23.4 Å². The summed E-state index contributed by atoms with van der Waals surface area (Å²) in [5.74, 6) is 1.78. The molecular weight excluding hydrogens is 380 g/mol. The number of carbonyl (C=O) groups is 1. The topological polar surface area (TPSA) is 59.8 Å². The Morgan fingerprint density at radius 3 is 2.41 bits per heavy atom. The van der Waals surface area contributed by atoms with Gasteiger partial charge in [-0.25, -0.2) is 0 Å². The number of benzene rings is 2. The van der Waals surface area contributed by atoms with Gasteiger partial charge in [0.1, 0.15) is 5.82 Å². The number of carbonyl (C=O) groups excluding carboxylic acids is 1. The number of aromatic nitrogens is 3. The number of nitrogens with zero attached hydrogens (tertiary/aromatic N) is 3. The molecule has 0 saturated heterocycles. The van der Waals surface area contributed by atoms with E-state index in [1.165, 1.54) is 11.8 Å². The van der Waals surface area contributed by atoms with E-state index in [9.17, 15) is 4.79 Å². The third kappa shape index (κ3) is 4.37. The highest BCUT2D eigenvalue weighted by Gasteiger charge is 2.32. The van der Waals surface area contributed by atoms with Crippen LogP contribution < -0.4 is 5.32 Å². The molecule has 2 aromatic carbocycles. The van der Waals surface area contributed by atoms with Crippen molar-refractivity contribution in [2.24, 2.45) is 0 Å². The fourth-order valence-corrected chi connectivity index (χ4v) is 4.22. The molecule has 1 aliphatic carbocycles. The lowest BCUT2D eigenvalue weighted by atomic mass is 10.0. The van der Waals surface area contributed by atoms with E-state index < -0.39 is 0 Å². The van der Waals surface area contributed by atoms with Crippen molar-refractivity contribution in [2.45, 2.75) is 55.9 Å². The lowest BCUT2D eigenvalue weighted by Gasteiger charge is -2.17. The minimum atomic E-state index is -0.297. The molecule has 1 unspecified atom stereocenters. The van der Waals surface area contributed by atoms with Crippen LogP contribution in [-0.2, 0) is 4.79 Å². The average Bonchev–Trinajstić information content (AvgIpc) is 3.49. The molecule has 5 nitrogen and oxygen atoms in total. The molecular formula is C23H26N4OS. The number of amides is 1. The quantitative estimate of drug-likeness (QED) is 0.535. The molecule has 150 valence electrons. The highest BCUT2D eigenvalue weighted by molar-refractivity contribution is 8.00. The maximum absolute atomic E-state index is 12.9. The van der Waals surface area contributed by atoms with Crippen LogP contribution >= 0.6 is 11.8 Å². The zero-order valence-electron chi connectivity index (χ0n) is 17.0. The highest BCUT2D eigenvalue weighted by atomic mass is 32.2. The molecule has 1 amide bonds. The Morgan fingerprint density at radius 1 is 1.03 bits per heavy atom. The Kier molecular flexibility index (Phi) is 5.72. The largest absolute Gasteiger partial charge is 0.325 e. The van der Waals surface area contributed by atoms with E-state index in [2.05, 4.69) is 52.1 Å². The van der Waals surface area contributed by atoms with E-state index in [4.69, 9.17) is 0 Å². The Labute approximate surface area is 175 Å². The van der Waals surface area contributed by atoms with Gasteiger partial charge in [0.15, 0.2) is 5.16 Å². The molecule has 1 saturated carbocycles. The summed E-state index contributed by atoms with van der Waals surface area (Å²) in [6.07, 6.45) is 2.30. The average molecular weight is 407 g/mol. The van der Waals surface area contributed by atoms with Gasteiger partial charge in [-0.2, -0.15) is 0 Å². The summed E-state index contributed by atoms with van der Waals surface area (Å²) in [6.45, 7) is 6.18. The van der Waals surface area contributed by atoms with E-state index in [-0.39, 0.29) is 11.2 Å². The Hall–Kier alpha value is -2.60. The molecule has 6 heteroatoms. The second-order valence-electron chi connectivity index (χ2n) is 7.78. The summed E-state index contributed by atoms with van der Waals surface area (Å²) in [4.78, 5) is 12.9. The van der Waals surface area contributed by atoms with Crippen molar-refractivity contribution in [1.82, 2.24) is 14.8 Å². The molecule has 1 fully saturated rings. The minimum Gasteiger partial charge on any atom is -0.325 e. The van der Waals surface area contributed by atoms with Gasteiger partial charge in [0.25, 0.3) is 0 Å². The van der Waals surface area contributed by atoms with E-state index in [0.717, 1.165) is 40.8 Å². The predicted octanol–water partition coefficient (Wildman–Crippen LogP) is 5.39. The van der Waals surface area contributed by atoms with Crippen molar-refractivity contribution in [3.63, 3.8) is 0 Å². The van der Waals surface area contributed by atoms with Crippen molar-refractivity contribution < 1.29 is 4.79 Å². The standard InChI is InChI=1S/C23H26N4OS/c1-15(2)19-11-7-8-12-20(19)24-22(28)16(3)29-23-26-25-21(17-13-14-17)27(23)18-9-5-4-6-10-18/h4-12,15-17H,13-14H2,1-3H3,(H,24,28). The third-order valence-electron chi connectivity index (χ3n) is 5.11. The van der Waals surface area contributed by atoms with Gasteiger partial charge in [0, 0.05) is 17.3 Å². The van der Waals surface area contributed by atoms with E-state index in [1.807, 2.05) is 43.3 Å². The molecule has 3 aromatic rings. The fourth-order valence-electron chi connectivity index (χ4n) is 3.34. The third-order valence-corrected chi connectivity index (χ3v) is 6.15. The monoisotopic (exact) mass is 406 g/mol. The Balaban J connectivity index is 1.55. The number of hydrogen-bond acceptors (Lipinski definition) is 4. The Morgan fingerprint density at radius 2 is 1.72 bits per heavy atom. The molecule has 0 radical (unpaired) electrons. The van der Waals surface area contributed by atoms with E-state index >= 15 is 0 Å².